The maximum atomic E-state index is 4.90. The molecule has 1 saturated heterocycles. The normalized spacial score (nSPS) is 28.7. The first-order chi connectivity index (χ1) is 10.3. The second-order valence-electron chi connectivity index (χ2n) is 7.14. The van der Waals surface area contributed by atoms with E-state index in [-0.39, 0.29) is 0 Å². The van der Waals surface area contributed by atoms with E-state index in [2.05, 4.69) is 29.4 Å². The van der Waals surface area contributed by atoms with Crippen molar-refractivity contribution in [3.8, 4) is 0 Å². The van der Waals surface area contributed by atoms with Gasteiger partial charge in [0.2, 0.25) is 0 Å². The van der Waals surface area contributed by atoms with Gasteiger partial charge in [0.05, 0.1) is 0 Å². The van der Waals surface area contributed by atoms with Gasteiger partial charge in [-0.05, 0) is 69.9 Å². The lowest BCUT2D eigenvalue weighted by molar-refractivity contribution is 0.267. The Bertz CT molecular complexity index is 371. The first kappa shape index (κ1) is 15.1. The molecule has 0 aromatic rings. The Balaban J connectivity index is 1.49. The van der Waals surface area contributed by atoms with Crippen molar-refractivity contribution >= 4 is 5.96 Å². The number of nitrogens with zero attached hydrogens (tertiary/aromatic N) is 2. The van der Waals surface area contributed by atoms with E-state index in [1.165, 1.54) is 51.6 Å². The van der Waals surface area contributed by atoms with Crippen LogP contribution in [0.5, 0.6) is 0 Å². The first-order valence-electron chi connectivity index (χ1n) is 9.03. The molecule has 2 aliphatic carbocycles. The fourth-order valence-corrected chi connectivity index (χ4v) is 3.89. The van der Waals surface area contributed by atoms with Gasteiger partial charge < -0.3 is 10.6 Å². The highest BCUT2D eigenvalue weighted by atomic mass is 15.2. The van der Waals surface area contributed by atoms with Gasteiger partial charge in [0.25, 0.3) is 0 Å². The molecule has 3 rings (SSSR count). The third kappa shape index (κ3) is 3.71. The highest BCUT2D eigenvalue weighted by Crippen LogP contribution is 2.61. The summed E-state index contributed by atoms with van der Waals surface area (Å²) < 4.78 is 0. The van der Waals surface area contributed by atoms with Crippen LogP contribution in [0.4, 0.5) is 0 Å². The van der Waals surface area contributed by atoms with Gasteiger partial charge in [-0.25, -0.2) is 0 Å². The molecule has 4 nitrogen and oxygen atoms in total. The summed E-state index contributed by atoms with van der Waals surface area (Å²) in [6.45, 7) is 9.88. The van der Waals surface area contributed by atoms with E-state index in [1.807, 2.05) is 0 Å². The van der Waals surface area contributed by atoms with Crippen molar-refractivity contribution in [3.63, 3.8) is 0 Å². The summed E-state index contributed by atoms with van der Waals surface area (Å²) >= 11 is 0. The Morgan fingerprint density at radius 1 is 1.19 bits per heavy atom. The van der Waals surface area contributed by atoms with Gasteiger partial charge >= 0.3 is 0 Å². The van der Waals surface area contributed by atoms with Gasteiger partial charge in [-0.1, -0.05) is 6.92 Å². The maximum Gasteiger partial charge on any atom is 0.191 e. The molecule has 1 heterocycles. The van der Waals surface area contributed by atoms with Crippen LogP contribution in [0.15, 0.2) is 4.99 Å². The molecule has 2 N–H and O–H groups in total. The molecule has 2 saturated carbocycles. The molecule has 4 heteroatoms. The average Bonchev–Trinajstić information content (AvgIpc) is 3.39. The number of aliphatic imine (C=N–C) groups is 1. The van der Waals surface area contributed by atoms with E-state index < -0.39 is 0 Å². The lowest BCUT2D eigenvalue weighted by Gasteiger charge is -2.24. The highest BCUT2D eigenvalue weighted by molar-refractivity contribution is 5.79. The molecule has 3 aliphatic rings. The first-order valence-corrected chi connectivity index (χ1v) is 9.03. The fraction of sp³-hybridized carbons (Fsp3) is 0.941. The highest BCUT2D eigenvalue weighted by Gasteiger charge is 2.53. The van der Waals surface area contributed by atoms with E-state index in [4.69, 9.17) is 4.99 Å². The van der Waals surface area contributed by atoms with E-state index >= 15 is 0 Å². The van der Waals surface area contributed by atoms with Crippen LogP contribution in [0.25, 0.3) is 0 Å². The van der Waals surface area contributed by atoms with Gasteiger partial charge in [-0.15, -0.1) is 0 Å². The summed E-state index contributed by atoms with van der Waals surface area (Å²) in [4.78, 5) is 7.48. The molecule has 0 amide bonds. The summed E-state index contributed by atoms with van der Waals surface area (Å²) in [5.74, 6) is 2.03. The second-order valence-corrected chi connectivity index (χ2v) is 7.14. The number of guanidine groups is 1. The summed E-state index contributed by atoms with van der Waals surface area (Å²) in [5.41, 5.74) is 0.602. The van der Waals surface area contributed by atoms with Crippen LogP contribution in [-0.2, 0) is 0 Å². The van der Waals surface area contributed by atoms with Crippen molar-refractivity contribution in [2.75, 3.05) is 32.7 Å². The summed E-state index contributed by atoms with van der Waals surface area (Å²) in [7, 11) is 0. The molecule has 3 fully saturated rings. The Morgan fingerprint density at radius 3 is 2.62 bits per heavy atom. The summed E-state index contributed by atoms with van der Waals surface area (Å²) in [6, 6.07) is 0.692. The monoisotopic (exact) mass is 292 g/mol. The van der Waals surface area contributed by atoms with Crippen LogP contribution in [0.3, 0.4) is 0 Å². The number of likely N-dealkylation sites (tertiary alicyclic amines) is 1. The van der Waals surface area contributed by atoms with Crippen molar-refractivity contribution in [3.05, 3.63) is 0 Å². The van der Waals surface area contributed by atoms with Crippen molar-refractivity contribution in [2.24, 2.45) is 16.3 Å². The third-order valence-electron chi connectivity index (χ3n) is 5.64. The van der Waals surface area contributed by atoms with Crippen LogP contribution < -0.4 is 10.6 Å². The van der Waals surface area contributed by atoms with E-state index in [1.54, 1.807) is 0 Å². The van der Waals surface area contributed by atoms with Gasteiger partial charge in [0.1, 0.15) is 0 Å². The fourth-order valence-electron chi connectivity index (χ4n) is 3.89. The molecule has 0 aromatic heterocycles. The van der Waals surface area contributed by atoms with Crippen molar-refractivity contribution in [1.29, 1.82) is 0 Å². The molecule has 0 spiro atoms. The standard InChI is InChI=1S/C17H32N4/c1-3-18-16(19-12-15-6-5-11-21(15)4-2)20-13-17(9-10-17)14-7-8-14/h14-15H,3-13H2,1-2H3,(H2,18,19,20). The van der Waals surface area contributed by atoms with Gasteiger partial charge in [-0.2, -0.15) is 0 Å². The van der Waals surface area contributed by atoms with Crippen molar-refractivity contribution in [2.45, 2.75) is 58.4 Å². The molecule has 0 radical (unpaired) electrons. The minimum atomic E-state index is 0.602. The smallest absolute Gasteiger partial charge is 0.191 e. The molecule has 21 heavy (non-hydrogen) atoms. The van der Waals surface area contributed by atoms with E-state index in [9.17, 15) is 0 Å². The topological polar surface area (TPSA) is 39.7 Å². The quantitative estimate of drug-likeness (QED) is 0.558. The second kappa shape index (κ2) is 6.55. The Morgan fingerprint density at radius 2 is 2.00 bits per heavy atom. The SMILES string of the molecule is CCNC(=NCC1(C2CC2)CC1)NCC1CCCN1CC. The minimum Gasteiger partial charge on any atom is -0.357 e. The number of hydrogen-bond acceptors (Lipinski definition) is 2. The number of likely N-dealkylation sites (N-methyl/N-ethyl adjacent to an activating group) is 1. The zero-order chi connectivity index (χ0) is 14.7. The molecule has 1 atom stereocenters. The van der Waals surface area contributed by atoms with Crippen molar-refractivity contribution in [1.82, 2.24) is 15.5 Å². The van der Waals surface area contributed by atoms with Crippen LogP contribution in [0.2, 0.25) is 0 Å². The third-order valence-corrected chi connectivity index (χ3v) is 5.64. The summed E-state index contributed by atoms with van der Waals surface area (Å²) in [6.07, 6.45) is 8.39. The predicted octanol–water partition coefficient (Wildman–Crippen LogP) is 2.22. The largest absolute Gasteiger partial charge is 0.357 e. The van der Waals surface area contributed by atoms with Crippen LogP contribution >= 0.6 is 0 Å². The molecular formula is C17H32N4. The Kier molecular flexibility index (Phi) is 4.72. The lowest BCUT2D eigenvalue weighted by Crippen LogP contribution is -2.45. The number of nitrogens with one attached hydrogen (secondary N) is 2. The van der Waals surface area contributed by atoms with Crippen LogP contribution in [0.1, 0.15) is 52.4 Å². The molecule has 120 valence electrons. The van der Waals surface area contributed by atoms with E-state index in [0.717, 1.165) is 31.5 Å². The zero-order valence-corrected chi connectivity index (χ0v) is 13.8. The molecule has 0 aromatic carbocycles. The van der Waals surface area contributed by atoms with Gasteiger partial charge in [0.15, 0.2) is 5.96 Å². The zero-order valence-electron chi connectivity index (χ0n) is 13.8. The Labute approximate surface area is 129 Å². The number of rotatable bonds is 7. The maximum absolute atomic E-state index is 4.90. The predicted molar refractivity (Wildman–Crippen MR) is 88.6 cm³/mol. The molecule has 0 bridgehead atoms. The minimum absolute atomic E-state index is 0.602. The molecule has 1 aliphatic heterocycles. The van der Waals surface area contributed by atoms with E-state index in [0.29, 0.717) is 11.5 Å². The Hall–Kier alpha value is -0.770. The van der Waals surface area contributed by atoms with Crippen LogP contribution in [-0.4, -0.2) is 49.6 Å². The lowest BCUT2D eigenvalue weighted by atomic mass is 10.0. The average molecular weight is 292 g/mol. The molecule has 1 unspecified atom stereocenters. The number of hydrogen-bond donors (Lipinski definition) is 2. The molecular weight excluding hydrogens is 260 g/mol. The summed E-state index contributed by atoms with van der Waals surface area (Å²) in [5, 5.41) is 7.00. The van der Waals surface area contributed by atoms with Gasteiger partial charge in [-0.3, -0.25) is 9.89 Å². The van der Waals surface area contributed by atoms with Gasteiger partial charge in [0, 0.05) is 25.7 Å². The van der Waals surface area contributed by atoms with Crippen LogP contribution in [0, 0.1) is 11.3 Å². The van der Waals surface area contributed by atoms with Crippen molar-refractivity contribution < 1.29 is 0 Å².